The average Bonchev–Trinajstić information content (AvgIpc) is 2.70. The van der Waals surface area contributed by atoms with Crippen molar-refractivity contribution in [3.8, 4) is 5.75 Å². The monoisotopic (exact) mass is 440 g/mol. The van der Waals surface area contributed by atoms with E-state index in [0.29, 0.717) is 24.0 Å². The lowest BCUT2D eigenvalue weighted by atomic mass is 10.0. The van der Waals surface area contributed by atoms with E-state index in [4.69, 9.17) is 4.74 Å². The van der Waals surface area contributed by atoms with Crippen LogP contribution in [0.4, 0.5) is 17.6 Å². The second-order valence-corrected chi connectivity index (χ2v) is 7.17. The number of alkyl halides is 3. The zero-order valence-corrected chi connectivity index (χ0v) is 17.3. The summed E-state index contributed by atoms with van der Waals surface area (Å²) in [6.07, 6.45) is -4.76. The number of rotatable bonds is 8. The van der Waals surface area contributed by atoms with Gasteiger partial charge in [-0.2, -0.15) is 13.2 Å². The van der Waals surface area contributed by atoms with Crippen molar-refractivity contribution < 1.29 is 31.9 Å². The Hall–Kier alpha value is -3.10. The maximum Gasteiger partial charge on any atom is 0.416 e. The van der Waals surface area contributed by atoms with E-state index < -0.39 is 42.0 Å². The molecule has 2 N–H and O–H groups in total. The molecule has 5 nitrogen and oxygen atoms in total. The molecule has 0 bridgehead atoms. The summed E-state index contributed by atoms with van der Waals surface area (Å²) < 4.78 is 57.9. The van der Waals surface area contributed by atoms with Crippen LogP contribution >= 0.6 is 0 Å². The first-order valence-corrected chi connectivity index (χ1v) is 9.70. The molecule has 0 heterocycles. The van der Waals surface area contributed by atoms with Gasteiger partial charge in [-0.25, -0.2) is 4.39 Å². The van der Waals surface area contributed by atoms with Crippen LogP contribution in [0, 0.1) is 11.7 Å². The highest BCUT2D eigenvalue weighted by atomic mass is 19.4. The number of nitrogens with one attached hydrogen (secondary N) is 2. The molecule has 1 unspecified atom stereocenters. The molecule has 0 aliphatic carbocycles. The van der Waals surface area contributed by atoms with Crippen LogP contribution in [0.5, 0.6) is 5.75 Å². The van der Waals surface area contributed by atoms with Crippen molar-refractivity contribution in [2.45, 2.75) is 39.5 Å². The number of hydrogen-bond donors (Lipinski definition) is 2. The van der Waals surface area contributed by atoms with Gasteiger partial charge in [0.1, 0.15) is 17.6 Å². The lowest BCUT2D eigenvalue weighted by Crippen LogP contribution is -2.49. The summed E-state index contributed by atoms with van der Waals surface area (Å²) in [5, 5.41) is 5.00. The predicted octanol–water partition coefficient (Wildman–Crippen LogP) is 4.31. The van der Waals surface area contributed by atoms with Crippen LogP contribution < -0.4 is 15.4 Å². The van der Waals surface area contributed by atoms with Crippen molar-refractivity contribution in [3.63, 3.8) is 0 Å². The van der Waals surface area contributed by atoms with E-state index in [1.54, 1.807) is 38.1 Å². The molecule has 9 heteroatoms. The summed E-state index contributed by atoms with van der Waals surface area (Å²) >= 11 is 0. The van der Waals surface area contributed by atoms with Crippen molar-refractivity contribution in [2.24, 2.45) is 5.92 Å². The topological polar surface area (TPSA) is 67.4 Å². The number of ether oxygens (including phenoxy) is 1. The predicted molar refractivity (Wildman–Crippen MR) is 107 cm³/mol. The van der Waals surface area contributed by atoms with Crippen LogP contribution in [0.2, 0.25) is 0 Å². The molecule has 2 amide bonds. The van der Waals surface area contributed by atoms with Gasteiger partial charge in [0.15, 0.2) is 0 Å². The summed E-state index contributed by atoms with van der Waals surface area (Å²) in [4.78, 5) is 25.1. The van der Waals surface area contributed by atoms with Crippen LogP contribution in [0.1, 0.15) is 42.3 Å². The minimum atomic E-state index is -4.76. The van der Waals surface area contributed by atoms with E-state index in [1.807, 2.05) is 6.92 Å². The maximum atomic E-state index is 13.2. The number of halogens is 4. The standard InChI is InChI=1S/C22H24F4N2O3/c1-4-31-17-9-6-14(7-10-17)20(29)28-19(13(2)3)21(30)27-12-15-5-8-16(23)11-18(15)22(24,25)26/h5-11,13,19H,4,12H2,1-3H3,(H,27,30)(H,28,29). The second-order valence-electron chi connectivity index (χ2n) is 7.17. The molecule has 0 aliphatic rings. The fraction of sp³-hybridized carbons (Fsp3) is 0.364. The summed E-state index contributed by atoms with van der Waals surface area (Å²) in [5.41, 5.74) is -1.13. The molecular weight excluding hydrogens is 416 g/mol. The number of carbonyl (C=O) groups excluding carboxylic acids is 2. The minimum absolute atomic E-state index is 0.275. The van der Waals surface area contributed by atoms with E-state index >= 15 is 0 Å². The van der Waals surface area contributed by atoms with Crippen molar-refractivity contribution in [2.75, 3.05) is 6.61 Å². The number of amides is 2. The first-order valence-electron chi connectivity index (χ1n) is 9.70. The Bertz CT molecular complexity index is 912. The van der Waals surface area contributed by atoms with Crippen LogP contribution in [-0.4, -0.2) is 24.5 Å². The lowest BCUT2D eigenvalue weighted by molar-refractivity contribution is -0.138. The number of hydrogen-bond acceptors (Lipinski definition) is 3. The van der Waals surface area contributed by atoms with E-state index in [1.165, 1.54) is 0 Å². The molecule has 0 spiro atoms. The Labute approximate surface area is 177 Å². The molecule has 0 aliphatic heterocycles. The van der Waals surface area contributed by atoms with Gasteiger partial charge in [-0.15, -0.1) is 0 Å². The highest BCUT2D eigenvalue weighted by Gasteiger charge is 2.34. The highest BCUT2D eigenvalue weighted by Crippen LogP contribution is 2.32. The lowest BCUT2D eigenvalue weighted by Gasteiger charge is -2.22. The molecule has 168 valence electrons. The van der Waals surface area contributed by atoms with Crippen molar-refractivity contribution in [3.05, 3.63) is 65.0 Å². The molecule has 0 radical (unpaired) electrons. The Balaban J connectivity index is 2.08. The van der Waals surface area contributed by atoms with Gasteiger partial charge in [0, 0.05) is 12.1 Å². The third-order valence-corrected chi connectivity index (χ3v) is 4.49. The van der Waals surface area contributed by atoms with Gasteiger partial charge in [0.2, 0.25) is 5.91 Å². The summed E-state index contributed by atoms with van der Waals surface area (Å²) in [5.74, 6) is -1.91. The fourth-order valence-electron chi connectivity index (χ4n) is 2.89. The Kier molecular flexibility index (Phi) is 8.01. The summed E-state index contributed by atoms with van der Waals surface area (Å²) in [6, 6.07) is 7.61. The zero-order valence-electron chi connectivity index (χ0n) is 17.3. The SMILES string of the molecule is CCOc1ccc(C(=O)NC(C(=O)NCc2ccc(F)cc2C(F)(F)F)C(C)C)cc1. The Morgan fingerprint density at radius 1 is 1.06 bits per heavy atom. The first-order chi connectivity index (χ1) is 14.5. The van der Waals surface area contributed by atoms with Gasteiger partial charge >= 0.3 is 6.18 Å². The maximum absolute atomic E-state index is 13.2. The molecule has 2 aromatic rings. The number of carbonyl (C=O) groups is 2. The van der Waals surface area contributed by atoms with Crippen molar-refractivity contribution in [1.82, 2.24) is 10.6 Å². The van der Waals surface area contributed by atoms with E-state index in [2.05, 4.69) is 10.6 Å². The van der Waals surface area contributed by atoms with E-state index in [9.17, 15) is 27.2 Å². The summed E-state index contributed by atoms with van der Waals surface area (Å²) in [6.45, 7) is 5.24. The van der Waals surface area contributed by atoms with Gasteiger partial charge in [0.25, 0.3) is 5.91 Å². The summed E-state index contributed by atoms with van der Waals surface area (Å²) in [7, 11) is 0. The zero-order chi connectivity index (χ0) is 23.2. The minimum Gasteiger partial charge on any atom is -0.494 e. The molecule has 2 aromatic carbocycles. The fourth-order valence-corrected chi connectivity index (χ4v) is 2.89. The molecule has 0 saturated heterocycles. The normalized spacial score (nSPS) is 12.4. The van der Waals surface area contributed by atoms with Crippen molar-refractivity contribution >= 4 is 11.8 Å². The second kappa shape index (κ2) is 10.3. The van der Waals surface area contributed by atoms with Crippen LogP contribution in [0.3, 0.4) is 0 Å². The molecule has 31 heavy (non-hydrogen) atoms. The molecule has 0 fully saturated rings. The van der Waals surface area contributed by atoms with Gasteiger partial charge in [-0.05, 0) is 54.8 Å². The quantitative estimate of drug-likeness (QED) is 0.601. The van der Waals surface area contributed by atoms with E-state index in [-0.39, 0.29) is 11.5 Å². The molecule has 0 aromatic heterocycles. The smallest absolute Gasteiger partial charge is 0.416 e. The average molecular weight is 440 g/mol. The van der Waals surface area contributed by atoms with Crippen molar-refractivity contribution in [1.29, 1.82) is 0 Å². The Morgan fingerprint density at radius 2 is 1.71 bits per heavy atom. The first kappa shape index (κ1) is 24.2. The third-order valence-electron chi connectivity index (χ3n) is 4.49. The molecular formula is C22H24F4N2O3. The van der Waals surface area contributed by atoms with Gasteiger partial charge in [0.05, 0.1) is 12.2 Å². The number of benzene rings is 2. The molecule has 1 atom stereocenters. The Morgan fingerprint density at radius 3 is 2.26 bits per heavy atom. The van der Waals surface area contributed by atoms with Gasteiger partial charge < -0.3 is 15.4 Å². The third kappa shape index (κ3) is 6.70. The molecule has 2 rings (SSSR count). The van der Waals surface area contributed by atoms with Crippen LogP contribution in [-0.2, 0) is 17.5 Å². The van der Waals surface area contributed by atoms with Gasteiger partial charge in [-0.1, -0.05) is 19.9 Å². The van der Waals surface area contributed by atoms with Gasteiger partial charge in [-0.3, -0.25) is 9.59 Å². The van der Waals surface area contributed by atoms with Crippen LogP contribution in [0.25, 0.3) is 0 Å². The highest BCUT2D eigenvalue weighted by molar-refractivity contribution is 5.97. The molecule has 0 saturated carbocycles. The largest absolute Gasteiger partial charge is 0.494 e. The van der Waals surface area contributed by atoms with E-state index in [0.717, 1.165) is 12.1 Å². The van der Waals surface area contributed by atoms with Crippen LogP contribution in [0.15, 0.2) is 42.5 Å².